The van der Waals surface area contributed by atoms with Crippen molar-refractivity contribution < 1.29 is 14.3 Å². The van der Waals surface area contributed by atoms with Gasteiger partial charge in [0.1, 0.15) is 17.7 Å². The molecule has 2 amide bonds. The summed E-state index contributed by atoms with van der Waals surface area (Å²) in [7, 11) is 0. The summed E-state index contributed by atoms with van der Waals surface area (Å²) in [6.07, 6.45) is 4.57. The quantitative estimate of drug-likeness (QED) is 0.838. The standard InChI is InChI=1S/C19H17N3O3S/c23-18-16(26-19(24)21-18)11-13-4-6-14(7-5-13)25-15-8-10-22(12-15)17-3-1-2-9-20-17/h1-7,9,11,15H,8,10,12H2,(H,21,23,24)/t15-/m0/s1. The van der Waals surface area contributed by atoms with Crippen molar-refractivity contribution in [2.24, 2.45) is 0 Å². The number of aromatic nitrogens is 1. The predicted octanol–water partition coefficient (Wildman–Crippen LogP) is 3.06. The molecule has 0 aliphatic carbocycles. The molecular weight excluding hydrogens is 350 g/mol. The number of hydrogen-bond donors (Lipinski definition) is 1. The second-order valence-corrected chi connectivity index (χ2v) is 7.10. The number of anilines is 1. The lowest BCUT2D eigenvalue weighted by molar-refractivity contribution is -0.115. The Morgan fingerprint density at radius 3 is 2.73 bits per heavy atom. The predicted molar refractivity (Wildman–Crippen MR) is 101 cm³/mol. The van der Waals surface area contributed by atoms with Crippen molar-refractivity contribution >= 4 is 34.8 Å². The lowest BCUT2D eigenvalue weighted by Crippen LogP contribution is -2.25. The monoisotopic (exact) mass is 367 g/mol. The smallest absolute Gasteiger partial charge is 0.290 e. The molecule has 0 bridgehead atoms. The molecule has 0 saturated carbocycles. The zero-order valence-electron chi connectivity index (χ0n) is 13.9. The van der Waals surface area contributed by atoms with Gasteiger partial charge in [0.2, 0.25) is 0 Å². The number of ether oxygens (including phenoxy) is 1. The lowest BCUT2D eigenvalue weighted by Gasteiger charge is -2.17. The molecule has 1 aromatic carbocycles. The molecule has 4 rings (SSSR count). The minimum absolute atomic E-state index is 0.120. The van der Waals surface area contributed by atoms with Gasteiger partial charge in [-0.2, -0.15) is 0 Å². The number of nitrogens with one attached hydrogen (secondary N) is 1. The number of benzene rings is 1. The maximum Gasteiger partial charge on any atom is 0.290 e. The van der Waals surface area contributed by atoms with E-state index in [4.69, 9.17) is 4.74 Å². The van der Waals surface area contributed by atoms with E-state index >= 15 is 0 Å². The molecular formula is C19H17N3O3S. The highest BCUT2D eigenvalue weighted by molar-refractivity contribution is 8.18. The Labute approximate surface area is 155 Å². The van der Waals surface area contributed by atoms with Gasteiger partial charge in [0.25, 0.3) is 11.1 Å². The van der Waals surface area contributed by atoms with Crippen LogP contribution in [0.25, 0.3) is 6.08 Å². The summed E-state index contributed by atoms with van der Waals surface area (Å²) >= 11 is 0.916. The van der Waals surface area contributed by atoms with E-state index in [0.29, 0.717) is 4.91 Å². The topological polar surface area (TPSA) is 71.5 Å². The third-order valence-corrected chi connectivity index (χ3v) is 5.05. The minimum atomic E-state index is -0.346. The highest BCUT2D eigenvalue weighted by Gasteiger charge is 2.26. The molecule has 1 aromatic heterocycles. The van der Waals surface area contributed by atoms with Crippen LogP contribution in [0.5, 0.6) is 5.75 Å². The first-order chi connectivity index (χ1) is 12.7. The van der Waals surface area contributed by atoms with Gasteiger partial charge in [0.05, 0.1) is 11.4 Å². The summed E-state index contributed by atoms with van der Waals surface area (Å²) in [5.41, 5.74) is 0.853. The molecule has 0 spiro atoms. The zero-order valence-corrected chi connectivity index (χ0v) is 14.7. The molecule has 1 atom stereocenters. The van der Waals surface area contributed by atoms with E-state index in [0.717, 1.165) is 48.4 Å². The third kappa shape index (κ3) is 3.72. The Kier molecular flexibility index (Phi) is 4.62. The third-order valence-electron chi connectivity index (χ3n) is 4.24. The number of rotatable bonds is 4. The molecule has 3 heterocycles. The second kappa shape index (κ2) is 7.21. The molecule has 1 N–H and O–H groups in total. The van der Waals surface area contributed by atoms with E-state index in [-0.39, 0.29) is 17.3 Å². The maximum absolute atomic E-state index is 11.6. The Bertz CT molecular complexity index is 852. The van der Waals surface area contributed by atoms with E-state index in [2.05, 4.69) is 15.2 Å². The summed E-state index contributed by atoms with van der Waals surface area (Å²) in [5, 5.41) is 1.91. The van der Waals surface area contributed by atoms with Crippen LogP contribution in [-0.2, 0) is 4.79 Å². The molecule has 7 heteroatoms. The number of carbonyl (C=O) groups excluding carboxylic acids is 2. The van der Waals surface area contributed by atoms with Gasteiger partial charge in [-0.25, -0.2) is 4.98 Å². The second-order valence-electron chi connectivity index (χ2n) is 6.08. The van der Waals surface area contributed by atoms with Crippen molar-refractivity contribution in [1.82, 2.24) is 10.3 Å². The van der Waals surface area contributed by atoms with Crippen LogP contribution in [0.3, 0.4) is 0 Å². The van der Waals surface area contributed by atoms with Gasteiger partial charge >= 0.3 is 0 Å². The van der Waals surface area contributed by atoms with Gasteiger partial charge < -0.3 is 9.64 Å². The van der Waals surface area contributed by atoms with Crippen molar-refractivity contribution in [3.05, 3.63) is 59.1 Å². The molecule has 2 fully saturated rings. The first-order valence-corrected chi connectivity index (χ1v) is 9.16. The average Bonchev–Trinajstić information content (AvgIpc) is 3.24. The fourth-order valence-corrected chi connectivity index (χ4v) is 3.66. The lowest BCUT2D eigenvalue weighted by atomic mass is 10.2. The first kappa shape index (κ1) is 16.7. The number of carbonyl (C=O) groups is 2. The van der Waals surface area contributed by atoms with E-state index in [1.807, 2.05) is 42.5 Å². The SMILES string of the molecule is O=C1NC(=O)C(=Cc2ccc(O[C@H]3CCN(c4ccccn4)C3)cc2)S1. The zero-order chi connectivity index (χ0) is 17.9. The normalized spacial score (nSPS) is 21.3. The van der Waals surface area contributed by atoms with Crippen LogP contribution in [-0.4, -0.2) is 35.3 Å². The van der Waals surface area contributed by atoms with Gasteiger partial charge in [0.15, 0.2) is 0 Å². The van der Waals surface area contributed by atoms with E-state index in [1.54, 1.807) is 12.3 Å². The van der Waals surface area contributed by atoms with Gasteiger partial charge in [-0.3, -0.25) is 14.9 Å². The number of thioether (sulfide) groups is 1. The number of hydrogen-bond acceptors (Lipinski definition) is 6. The van der Waals surface area contributed by atoms with Crippen molar-refractivity contribution in [2.75, 3.05) is 18.0 Å². The molecule has 2 aliphatic heterocycles. The summed E-state index contributed by atoms with van der Waals surface area (Å²) in [5.74, 6) is 1.42. The van der Waals surface area contributed by atoms with E-state index in [1.165, 1.54) is 0 Å². The number of nitrogens with zero attached hydrogens (tertiary/aromatic N) is 2. The Morgan fingerprint density at radius 2 is 2.04 bits per heavy atom. The number of pyridine rings is 1. The van der Waals surface area contributed by atoms with E-state index < -0.39 is 0 Å². The van der Waals surface area contributed by atoms with Gasteiger partial charge in [0, 0.05) is 19.2 Å². The molecule has 132 valence electrons. The Balaban J connectivity index is 1.37. The average molecular weight is 367 g/mol. The summed E-state index contributed by atoms with van der Waals surface area (Å²) in [4.78, 5) is 29.8. The maximum atomic E-state index is 11.6. The van der Waals surface area contributed by atoms with Crippen LogP contribution in [0, 0.1) is 0 Å². The fourth-order valence-electron chi connectivity index (χ4n) is 2.98. The van der Waals surface area contributed by atoms with Gasteiger partial charge in [-0.05, 0) is 47.7 Å². The molecule has 0 radical (unpaired) electrons. The molecule has 6 nitrogen and oxygen atoms in total. The van der Waals surface area contributed by atoms with Gasteiger partial charge in [-0.1, -0.05) is 18.2 Å². The summed E-state index contributed by atoms with van der Waals surface area (Å²) < 4.78 is 6.06. The molecule has 2 aliphatic rings. The summed E-state index contributed by atoms with van der Waals surface area (Å²) in [6, 6.07) is 13.4. The van der Waals surface area contributed by atoms with Crippen LogP contribution in [0.1, 0.15) is 12.0 Å². The summed E-state index contributed by atoms with van der Waals surface area (Å²) in [6.45, 7) is 1.73. The number of amides is 2. The molecule has 0 unspecified atom stereocenters. The van der Waals surface area contributed by atoms with Crippen molar-refractivity contribution in [3.63, 3.8) is 0 Å². The molecule has 2 aromatic rings. The van der Waals surface area contributed by atoms with Crippen molar-refractivity contribution in [2.45, 2.75) is 12.5 Å². The van der Waals surface area contributed by atoms with E-state index in [9.17, 15) is 9.59 Å². The Hall–Kier alpha value is -2.80. The first-order valence-electron chi connectivity index (χ1n) is 8.35. The van der Waals surface area contributed by atoms with Crippen LogP contribution in [0.4, 0.5) is 10.6 Å². The Morgan fingerprint density at radius 1 is 1.19 bits per heavy atom. The number of imide groups is 1. The highest BCUT2D eigenvalue weighted by atomic mass is 32.2. The van der Waals surface area contributed by atoms with Crippen molar-refractivity contribution in [3.8, 4) is 5.75 Å². The van der Waals surface area contributed by atoms with Crippen molar-refractivity contribution in [1.29, 1.82) is 0 Å². The molecule has 2 saturated heterocycles. The van der Waals surface area contributed by atoms with Gasteiger partial charge in [-0.15, -0.1) is 0 Å². The molecule has 26 heavy (non-hydrogen) atoms. The minimum Gasteiger partial charge on any atom is -0.489 e. The highest BCUT2D eigenvalue weighted by Crippen LogP contribution is 2.27. The largest absolute Gasteiger partial charge is 0.489 e. The van der Waals surface area contributed by atoms with Crippen LogP contribution < -0.4 is 15.0 Å². The fraction of sp³-hybridized carbons (Fsp3) is 0.211. The van der Waals surface area contributed by atoms with Crippen LogP contribution in [0.15, 0.2) is 53.6 Å². The van der Waals surface area contributed by atoms with Crippen LogP contribution >= 0.6 is 11.8 Å². The van der Waals surface area contributed by atoms with Crippen LogP contribution in [0.2, 0.25) is 0 Å².